The van der Waals surface area contributed by atoms with Crippen molar-refractivity contribution in [1.29, 1.82) is 0 Å². The number of hydrogen-bond acceptors (Lipinski definition) is 9. The first-order chi connectivity index (χ1) is 21.5. The van der Waals surface area contributed by atoms with Gasteiger partial charge in [-0.25, -0.2) is 18.0 Å². The molecule has 0 saturated heterocycles. The van der Waals surface area contributed by atoms with Gasteiger partial charge < -0.3 is 30.4 Å². The molecule has 3 aromatic carbocycles. The smallest absolute Gasteiger partial charge is 0.347 e. The number of carbonyl (C=O) groups excluding carboxylic acids is 1. The molecule has 10 nitrogen and oxygen atoms in total. The van der Waals surface area contributed by atoms with E-state index >= 15 is 0 Å². The Labute approximate surface area is 265 Å². The lowest BCUT2D eigenvalue weighted by molar-refractivity contribution is -0.158. The van der Waals surface area contributed by atoms with Crippen molar-refractivity contribution < 1.29 is 37.3 Å². The fourth-order valence-electron chi connectivity index (χ4n) is 4.56. The van der Waals surface area contributed by atoms with E-state index in [2.05, 4.69) is 5.32 Å². The van der Waals surface area contributed by atoms with Gasteiger partial charge in [0.1, 0.15) is 27.4 Å². The van der Waals surface area contributed by atoms with Crippen LogP contribution in [0.25, 0.3) is 0 Å². The van der Waals surface area contributed by atoms with Crippen molar-refractivity contribution in [2.75, 3.05) is 25.2 Å². The number of rotatable bonds is 19. The van der Waals surface area contributed by atoms with Crippen molar-refractivity contribution in [2.45, 2.75) is 57.9 Å². The van der Waals surface area contributed by atoms with E-state index in [0.29, 0.717) is 25.1 Å². The number of carbonyl (C=O) groups is 2. The summed E-state index contributed by atoms with van der Waals surface area (Å²) in [5.74, 6) is -1.23. The molecule has 0 fully saturated rings. The molecular formula is C34H44N2O8S. The minimum atomic E-state index is -3.48. The maximum Gasteiger partial charge on any atom is 0.347 e. The van der Waals surface area contributed by atoms with Gasteiger partial charge in [-0.3, -0.25) is 0 Å². The Balaban J connectivity index is 1.80. The summed E-state index contributed by atoms with van der Waals surface area (Å²) in [6.07, 6.45) is -1.36. The number of benzene rings is 3. The number of hydrogen-bond donors (Lipinski definition) is 3. The fraction of sp³-hybridized carbons (Fsp3) is 0.412. The third kappa shape index (κ3) is 12.5. The Morgan fingerprint density at radius 1 is 0.889 bits per heavy atom. The van der Waals surface area contributed by atoms with Crippen LogP contribution >= 0.6 is 0 Å². The van der Waals surface area contributed by atoms with E-state index in [4.69, 9.17) is 19.9 Å². The molecule has 0 spiro atoms. The van der Waals surface area contributed by atoms with E-state index in [1.165, 1.54) is 24.3 Å². The Kier molecular flexibility index (Phi) is 13.8. The van der Waals surface area contributed by atoms with Crippen LogP contribution in [0.3, 0.4) is 0 Å². The van der Waals surface area contributed by atoms with Crippen LogP contribution in [0.2, 0.25) is 0 Å². The molecule has 0 aliphatic carbocycles. The molecule has 4 N–H and O–H groups in total. The molecule has 45 heavy (non-hydrogen) atoms. The van der Waals surface area contributed by atoms with Gasteiger partial charge in [0, 0.05) is 25.6 Å². The number of sulfone groups is 1. The van der Waals surface area contributed by atoms with Gasteiger partial charge in [-0.2, -0.15) is 0 Å². The quantitative estimate of drug-likeness (QED) is 0.162. The fourth-order valence-corrected chi connectivity index (χ4v) is 6.17. The summed E-state index contributed by atoms with van der Waals surface area (Å²) in [6.45, 7) is 4.55. The van der Waals surface area contributed by atoms with Crippen LogP contribution in [-0.4, -0.2) is 68.9 Å². The van der Waals surface area contributed by atoms with Gasteiger partial charge in [0.05, 0.1) is 24.2 Å². The zero-order valence-electron chi connectivity index (χ0n) is 26.1. The zero-order valence-corrected chi connectivity index (χ0v) is 26.9. The summed E-state index contributed by atoms with van der Waals surface area (Å²) >= 11 is 0. The molecule has 0 aliphatic heterocycles. The summed E-state index contributed by atoms with van der Waals surface area (Å²) in [6, 6.07) is 22.2. The molecular weight excluding hydrogens is 596 g/mol. The summed E-state index contributed by atoms with van der Waals surface area (Å²) in [5.41, 5.74) is 8.49. The molecule has 3 atom stereocenters. The second kappa shape index (κ2) is 17.5. The highest BCUT2D eigenvalue weighted by Crippen LogP contribution is 2.19. The first kappa shape index (κ1) is 35.5. The third-order valence-corrected chi connectivity index (χ3v) is 8.90. The second-order valence-electron chi connectivity index (χ2n) is 11.4. The van der Waals surface area contributed by atoms with Crippen LogP contribution in [0.4, 0.5) is 0 Å². The Morgan fingerprint density at radius 2 is 1.56 bits per heavy atom. The van der Waals surface area contributed by atoms with Crippen molar-refractivity contribution in [2.24, 2.45) is 11.7 Å². The molecule has 3 rings (SSSR count). The number of nitrogens with one attached hydrogen (secondary N) is 1. The summed E-state index contributed by atoms with van der Waals surface area (Å²) in [7, 11) is -1.89. The highest BCUT2D eigenvalue weighted by molar-refractivity contribution is 7.91. The van der Waals surface area contributed by atoms with E-state index in [0.717, 1.165) is 11.1 Å². The molecule has 0 heterocycles. The van der Waals surface area contributed by atoms with Crippen molar-refractivity contribution in [3.05, 3.63) is 95.6 Å². The van der Waals surface area contributed by atoms with Gasteiger partial charge in [-0.05, 0) is 60.2 Å². The van der Waals surface area contributed by atoms with Crippen LogP contribution in [0.1, 0.15) is 48.2 Å². The predicted molar refractivity (Wildman–Crippen MR) is 173 cm³/mol. The predicted octanol–water partition coefficient (Wildman–Crippen LogP) is 4.26. The van der Waals surface area contributed by atoms with Gasteiger partial charge in [0.25, 0.3) is 0 Å². The first-order valence-electron chi connectivity index (χ1n) is 15.0. The van der Waals surface area contributed by atoms with Gasteiger partial charge >= 0.3 is 11.9 Å². The Bertz CT molecular complexity index is 1480. The number of aromatic carboxylic acids is 1. The topological polar surface area (TPSA) is 154 Å². The van der Waals surface area contributed by atoms with Crippen LogP contribution < -0.4 is 20.5 Å². The van der Waals surface area contributed by atoms with E-state index in [1.54, 1.807) is 7.11 Å². The highest BCUT2D eigenvalue weighted by atomic mass is 32.2. The average molecular weight is 641 g/mol. The molecule has 1 unspecified atom stereocenters. The maximum absolute atomic E-state index is 13.7. The molecule has 0 amide bonds. The summed E-state index contributed by atoms with van der Waals surface area (Å²) in [5, 5.41) is 12.7. The largest absolute Gasteiger partial charge is 0.497 e. The molecule has 0 aliphatic rings. The number of methoxy groups -OCH3 is 1. The van der Waals surface area contributed by atoms with Crippen LogP contribution in [0.5, 0.6) is 11.5 Å². The number of esters is 1. The van der Waals surface area contributed by atoms with Crippen LogP contribution in [-0.2, 0) is 32.3 Å². The maximum atomic E-state index is 13.7. The molecule has 0 bridgehead atoms. The lowest BCUT2D eigenvalue weighted by Gasteiger charge is -2.27. The standard InChI is InChI=1S/C34H44N2O8S/c1-24(2)15-17-45(40,41)18-16-31(43-29-14-8-12-27(21-29)33(37)38)34(39)44-32(30(35)20-25-9-5-4-6-10-25)23-36-22-26-11-7-13-28(19-26)42-3/h4-14,19,21,24,30-32,36H,15-18,20,22-23,35H2,1-3H3,(H,37,38)/t30-,31?,32+/m0/s1. The molecule has 0 saturated carbocycles. The van der Waals surface area contributed by atoms with E-state index in [1.807, 2.05) is 68.4 Å². The lowest BCUT2D eigenvalue weighted by Crippen LogP contribution is -2.48. The molecule has 0 aromatic heterocycles. The van der Waals surface area contributed by atoms with E-state index < -0.39 is 40.0 Å². The van der Waals surface area contributed by atoms with Crippen molar-refractivity contribution in [3.63, 3.8) is 0 Å². The molecule has 3 aromatic rings. The minimum Gasteiger partial charge on any atom is -0.497 e. The minimum absolute atomic E-state index is 0.0142. The zero-order chi connectivity index (χ0) is 32.8. The normalized spacial score (nSPS) is 13.5. The monoisotopic (exact) mass is 640 g/mol. The number of carboxylic acids is 1. The molecule has 11 heteroatoms. The van der Waals surface area contributed by atoms with Gasteiger partial charge in [0.2, 0.25) is 0 Å². The van der Waals surface area contributed by atoms with Crippen molar-refractivity contribution in [1.82, 2.24) is 5.32 Å². The summed E-state index contributed by atoms with van der Waals surface area (Å²) < 4.78 is 42.7. The highest BCUT2D eigenvalue weighted by Gasteiger charge is 2.30. The van der Waals surface area contributed by atoms with Gasteiger partial charge in [-0.15, -0.1) is 0 Å². The SMILES string of the molecule is COc1cccc(CNC[C@@H](OC(=O)C(CCS(=O)(=O)CCC(C)C)Oc2cccc(C(=O)O)c2)[C@@H](N)Cc2ccccc2)c1. The van der Waals surface area contributed by atoms with Crippen LogP contribution in [0.15, 0.2) is 78.9 Å². The second-order valence-corrected chi connectivity index (χ2v) is 13.7. The number of nitrogens with two attached hydrogens (primary N) is 1. The number of carboxylic acid groups (broad SMARTS) is 1. The van der Waals surface area contributed by atoms with Gasteiger partial charge in [0.15, 0.2) is 6.10 Å². The number of ether oxygens (including phenoxy) is 3. The molecule has 244 valence electrons. The van der Waals surface area contributed by atoms with E-state index in [9.17, 15) is 23.1 Å². The van der Waals surface area contributed by atoms with Crippen LogP contribution in [0, 0.1) is 5.92 Å². The first-order valence-corrected chi connectivity index (χ1v) is 16.8. The Hall–Kier alpha value is -3.93. The lowest BCUT2D eigenvalue weighted by atomic mass is 10.0. The third-order valence-electron chi connectivity index (χ3n) is 7.19. The van der Waals surface area contributed by atoms with Gasteiger partial charge in [-0.1, -0.05) is 62.4 Å². The van der Waals surface area contributed by atoms with Crippen molar-refractivity contribution >= 4 is 21.8 Å². The van der Waals surface area contributed by atoms with E-state index in [-0.39, 0.29) is 41.7 Å². The Morgan fingerprint density at radius 3 is 2.24 bits per heavy atom. The van der Waals surface area contributed by atoms with Crippen molar-refractivity contribution in [3.8, 4) is 11.5 Å². The molecule has 0 radical (unpaired) electrons. The average Bonchev–Trinajstić information content (AvgIpc) is 3.02. The summed E-state index contributed by atoms with van der Waals surface area (Å²) in [4.78, 5) is 25.2.